The Labute approximate surface area is 193 Å². The Balaban J connectivity index is 1.63. The van der Waals surface area contributed by atoms with Gasteiger partial charge in [0.2, 0.25) is 11.7 Å². The van der Waals surface area contributed by atoms with E-state index in [0.29, 0.717) is 23.7 Å². The highest BCUT2D eigenvalue weighted by molar-refractivity contribution is 5.97. The van der Waals surface area contributed by atoms with E-state index in [-0.39, 0.29) is 12.5 Å². The minimum atomic E-state index is -0.776. The highest BCUT2D eigenvalue weighted by Crippen LogP contribution is 2.18. The van der Waals surface area contributed by atoms with Gasteiger partial charge in [0.05, 0.1) is 6.61 Å². The topological polar surface area (TPSA) is 106 Å². The van der Waals surface area contributed by atoms with Crippen LogP contribution in [0.2, 0.25) is 0 Å². The third kappa shape index (κ3) is 7.25. The molecule has 0 aliphatic rings. The van der Waals surface area contributed by atoms with Gasteiger partial charge in [0.1, 0.15) is 6.04 Å². The molecule has 8 nitrogen and oxygen atoms in total. The van der Waals surface area contributed by atoms with E-state index >= 15 is 0 Å². The molecule has 1 aromatic heterocycles. The van der Waals surface area contributed by atoms with E-state index < -0.39 is 12.0 Å². The van der Waals surface area contributed by atoms with Gasteiger partial charge in [-0.2, -0.15) is 4.98 Å². The Morgan fingerprint density at radius 1 is 1.06 bits per heavy atom. The quantitative estimate of drug-likeness (QED) is 0.322. The van der Waals surface area contributed by atoms with E-state index in [9.17, 15) is 9.59 Å². The van der Waals surface area contributed by atoms with E-state index in [1.165, 1.54) is 0 Å². The molecule has 0 spiro atoms. The number of nitrogens with zero attached hydrogens (tertiary/aromatic N) is 2. The van der Waals surface area contributed by atoms with Gasteiger partial charge in [-0.3, -0.25) is 4.79 Å². The van der Waals surface area contributed by atoms with E-state index in [0.717, 1.165) is 36.9 Å². The van der Waals surface area contributed by atoms with Crippen LogP contribution in [0.15, 0.2) is 59.1 Å². The number of carbonyl (C=O) groups excluding carboxylic acids is 2. The van der Waals surface area contributed by atoms with Gasteiger partial charge in [-0.15, -0.1) is 0 Å². The van der Waals surface area contributed by atoms with Crippen LogP contribution in [0.3, 0.4) is 0 Å². The molecule has 1 atom stereocenters. The van der Waals surface area contributed by atoms with Gasteiger partial charge in [0.25, 0.3) is 5.91 Å². The largest absolute Gasteiger partial charge is 0.464 e. The predicted octanol–water partition coefficient (Wildman–Crippen LogP) is 3.18. The molecule has 33 heavy (non-hydrogen) atoms. The molecule has 0 saturated heterocycles. The summed E-state index contributed by atoms with van der Waals surface area (Å²) in [5.41, 5.74) is 2.12. The van der Waals surface area contributed by atoms with Crippen molar-refractivity contribution < 1.29 is 18.8 Å². The van der Waals surface area contributed by atoms with Crippen LogP contribution in [0.25, 0.3) is 11.4 Å². The summed E-state index contributed by atoms with van der Waals surface area (Å²) in [4.78, 5) is 29.6. The minimum absolute atomic E-state index is 0.247. The maximum absolute atomic E-state index is 12.8. The molecule has 3 rings (SSSR count). The molecule has 0 unspecified atom stereocenters. The zero-order chi connectivity index (χ0) is 23.5. The number of esters is 1. The second-order valence-electron chi connectivity index (χ2n) is 7.62. The number of ether oxygens (including phenoxy) is 1. The summed E-state index contributed by atoms with van der Waals surface area (Å²) < 4.78 is 10.5. The summed E-state index contributed by atoms with van der Waals surface area (Å²) in [7, 11) is 1.93. The SMILES string of the molecule is CCOC(=O)[C@H](Cc1ccccc1)NC(=O)c1ccc(-c2noc(CCCCNC)n2)cc1. The van der Waals surface area contributed by atoms with Crippen molar-refractivity contribution in [2.75, 3.05) is 20.2 Å². The average molecular weight is 451 g/mol. The first kappa shape index (κ1) is 24.1. The van der Waals surface area contributed by atoms with Crippen molar-refractivity contribution in [1.82, 2.24) is 20.8 Å². The van der Waals surface area contributed by atoms with Gasteiger partial charge in [-0.25, -0.2) is 4.79 Å². The van der Waals surface area contributed by atoms with Crippen molar-refractivity contribution in [3.8, 4) is 11.4 Å². The number of benzene rings is 2. The fraction of sp³-hybridized carbons (Fsp3) is 0.360. The Hall–Kier alpha value is -3.52. The molecule has 0 bridgehead atoms. The lowest BCUT2D eigenvalue weighted by molar-refractivity contribution is -0.145. The number of unbranched alkanes of at least 4 members (excludes halogenated alkanes) is 1. The number of aryl methyl sites for hydroxylation is 1. The number of amides is 1. The molecule has 0 fully saturated rings. The Morgan fingerprint density at radius 2 is 1.82 bits per heavy atom. The summed E-state index contributed by atoms with van der Waals surface area (Å²) in [5.74, 6) is 0.273. The number of nitrogens with one attached hydrogen (secondary N) is 2. The number of hydrogen-bond donors (Lipinski definition) is 2. The lowest BCUT2D eigenvalue weighted by atomic mass is 10.0. The monoisotopic (exact) mass is 450 g/mol. The standard InChI is InChI=1S/C25H30N4O4/c1-3-32-25(31)21(17-18-9-5-4-6-10-18)27-24(30)20-14-12-19(13-15-20)23-28-22(33-29-23)11-7-8-16-26-2/h4-6,9-10,12-15,21,26H,3,7-8,11,16-17H2,1-2H3,(H,27,30)/t21-/m0/s1. The zero-order valence-electron chi connectivity index (χ0n) is 19.0. The van der Waals surface area contributed by atoms with Crippen molar-refractivity contribution in [3.63, 3.8) is 0 Å². The van der Waals surface area contributed by atoms with Crippen LogP contribution >= 0.6 is 0 Å². The predicted molar refractivity (Wildman–Crippen MR) is 125 cm³/mol. The summed E-state index contributed by atoms with van der Waals surface area (Å²) in [5, 5.41) is 9.94. The summed E-state index contributed by atoms with van der Waals surface area (Å²) in [6.45, 7) is 2.94. The van der Waals surface area contributed by atoms with Gasteiger partial charge >= 0.3 is 5.97 Å². The lowest BCUT2D eigenvalue weighted by Gasteiger charge is -2.17. The number of aromatic nitrogens is 2. The first-order chi connectivity index (χ1) is 16.1. The van der Waals surface area contributed by atoms with Crippen molar-refractivity contribution >= 4 is 11.9 Å². The molecule has 0 aliphatic carbocycles. The smallest absolute Gasteiger partial charge is 0.328 e. The second-order valence-corrected chi connectivity index (χ2v) is 7.62. The molecule has 8 heteroatoms. The summed E-state index contributed by atoms with van der Waals surface area (Å²) in [6.07, 6.45) is 3.08. The number of hydrogen-bond acceptors (Lipinski definition) is 7. The normalized spacial score (nSPS) is 11.7. The molecule has 0 saturated carbocycles. The van der Waals surface area contributed by atoms with Crippen molar-refractivity contribution in [2.24, 2.45) is 0 Å². The first-order valence-electron chi connectivity index (χ1n) is 11.2. The first-order valence-corrected chi connectivity index (χ1v) is 11.2. The third-order valence-corrected chi connectivity index (χ3v) is 5.10. The van der Waals surface area contributed by atoms with Gasteiger partial charge in [0.15, 0.2) is 0 Å². The van der Waals surface area contributed by atoms with Gasteiger partial charge in [0, 0.05) is 24.0 Å². The summed E-state index contributed by atoms with van der Waals surface area (Å²) >= 11 is 0. The zero-order valence-corrected chi connectivity index (χ0v) is 19.0. The fourth-order valence-corrected chi connectivity index (χ4v) is 3.35. The van der Waals surface area contributed by atoms with E-state index in [4.69, 9.17) is 9.26 Å². The maximum atomic E-state index is 12.8. The molecule has 3 aromatic rings. The van der Waals surface area contributed by atoms with Crippen molar-refractivity contribution in [3.05, 3.63) is 71.6 Å². The van der Waals surface area contributed by atoms with E-state index in [1.54, 1.807) is 31.2 Å². The van der Waals surface area contributed by atoms with Crippen LogP contribution in [-0.2, 0) is 22.4 Å². The average Bonchev–Trinajstić information content (AvgIpc) is 3.31. The van der Waals surface area contributed by atoms with Crippen molar-refractivity contribution in [2.45, 2.75) is 38.6 Å². The molecular weight excluding hydrogens is 420 g/mol. The molecule has 0 aliphatic heterocycles. The molecule has 2 aromatic carbocycles. The van der Waals surface area contributed by atoms with Gasteiger partial charge in [-0.05, 0) is 51.1 Å². The Bertz CT molecular complexity index is 1020. The fourth-order valence-electron chi connectivity index (χ4n) is 3.35. The van der Waals surface area contributed by atoms with Crippen LogP contribution in [0.1, 0.15) is 41.6 Å². The van der Waals surface area contributed by atoms with E-state index in [2.05, 4.69) is 20.8 Å². The molecule has 2 N–H and O–H groups in total. The summed E-state index contributed by atoms with van der Waals surface area (Å²) in [6, 6.07) is 15.6. The van der Waals surface area contributed by atoms with E-state index in [1.807, 2.05) is 37.4 Å². The molecule has 174 valence electrons. The van der Waals surface area contributed by atoms with Gasteiger partial charge < -0.3 is 19.9 Å². The third-order valence-electron chi connectivity index (χ3n) is 5.10. The van der Waals surface area contributed by atoms with Crippen LogP contribution in [-0.4, -0.2) is 48.3 Å². The molecular formula is C25H30N4O4. The Morgan fingerprint density at radius 3 is 2.52 bits per heavy atom. The molecule has 1 amide bonds. The minimum Gasteiger partial charge on any atom is -0.464 e. The highest BCUT2D eigenvalue weighted by Gasteiger charge is 2.23. The van der Waals surface area contributed by atoms with Crippen LogP contribution < -0.4 is 10.6 Å². The van der Waals surface area contributed by atoms with Crippen LogP contribution in [0.4, 0.5) is 0 Å². The molecule has 0 radical (unpaired) electrons. The van der Waals surface area contributed by atoms with Gasteiger partial charge in [-0.1, -0.05) is 47.6 Å². The highest BCUT2D eigenvalue weighted by atomic mass is 16.5. The van der Waals surface area contributed by atoms with Crippen LogP contribution in [0, 0.1) is 0 Å². The van der Waals surface area contributed by atoms with Crippen molar-refractivity contribution in [1.29, 1.82) is 0 Å². The Kier molecular flexibility index (Phi) is 9.14. The second kappa shape index (κ2) is 12.5. The number of carbonyl (C=O) groups is 2. The number of rotatable bonds is 12. The lowest BCUT2D eigenvalue weighted by Crippen LogP contribution is -2.43. The molecule has 1 heterocycles. The maximum Gasteiger partial charge on any atom is 0.328 e. The van der Waals surface area contributed by atoms with Crippen LogP contribution in [0.5, 0.6) is 0 Å².